The average molecular weight is 566 g/mol. The van der Waals surface area contributed by atoms with Crippen molar-refractivity contribution in [3.05, 3.63) is 104 Å². The number of pyridine rings is 1. The van der Waals surface area contributed by atoms with E-state index >= 15 is 0 Å². The van der Waals surface area contributed by atoms with E-state index in [-0.39, 0.29) is 36.9 Å². The van der Waals surface area contributed by atoms with Gasteiger partial charge < -0.3 is 14.8 Å². The van der Waals surface area contributed by atoms with E-state index < -0.39 is 23.2 Å². The van der Waals surface area contributed by atoms with Crippen LogP contribution in [0.4, 0.5) is 16.0 Å². The predicted octanol–water partition coefficient (Wildman–Crippen LogP) is 4.69. The maximum absolute atomic E-state index is 13.9. The molecule has 0 atom stereocenters. The molecule has 12 heteroatoms. The van der Waals surface area contributed by atoms with E-state index in [0.29, 0.717) is 29.3 Å². The Balaban J connectivity index is 1.43. The molecule has 1 aliphatic carbocycles. The number of esters is 1. The molecule has 5 rings (SSSR count). The van der Waals surface area contributed by atoms with Gasteiger partial charge in [-0.15, -0.1) is 0 Å². The van der Waals surface area contributed by atoms with E-state index in [4.69, 9.17) is 21.1 Å². The molecule has 0 bridgehead atoms. The highest BCUT2D eigenvalue weighted by Gasteiger charge is 2.38. The second-order valence-electron chi connectivity index (χ2n) is 9.20. The molecule has 0 saturated heterocycles. The summed E-state index contributed by atoms with van der Waals surface area (Å²) < 4.78 is 26.9. The van der Waals surface area contributed by atoms with Crippen molar-refractivity contribution < 1.29 is 18.7 Å². The van der Waals surface area contributed by atoms with E-state index in [1.165, 1.54) is 22.9 Å². The number of hydrogen-bond donors (Lipinski definition) is 1. The second kappa shape index (κ2) is 11.7. The number of nitrogens with zero attached hydrogens (tertiary/aromatic N) is 4. The van der Waals surface area contributed by atoms with Gasteiger partial charge in [-0.2, -0.15) is 4.98 Å². The van der Waals surface area contributed by atoms with Gasteiger partial charge in [0.25, 0.3) is 5.88 Å². The lowest BCUT2D eigenvalue weighted by Gasteiger charge is -2.34. The van der Waals surface area contributed by atoms with Gasteiger partial charge in [-0.3, -0.25) is 9.36 Å². The number of nitrogens with one attached hydrogen (secondary N) is 1. The van der Waals surface area contributed by atoms with Crippen molar-refractivity contribution in [3.63, 3.8) is 0 Å². The van der Waals surface area contributed by atoms with Gasteiger partial charge in [0, 0.05) is 22.9 Å². The zero-order valence-corrected chi connectivity index (χ0v) is 22.2. The fourth-order valence-corrected chi connectivity index (χ4v) is 4.50. The Kier molecular flexibility index (Phi) is 7.92. The van der Waals surface area contributed by atoms with Crippen LogP contribution >= 0.6 is 11.6 Å². The van der Waals surface area contributed by atoms with E-state index in [0.717, 1.165) is 10.1 Å². The molecule has 0 radical (unpaired) electrons. The quantitative estimate of drug-likeness (QED) is 0.290. The normalized spacial score (nSPS) is 16.2. The van der Waals surface area contributed by atoms with Gasteiger partial charge in [0.15, 0.2) is 5.82 Å². The summed E-state index contributed by atoms with van der Waals surface area (Å²) in [7, 11) is 0. The molecule has 4 aromatic rings. The number of carbonyl (C=O) groups excluding carboxylic acids is 1. The summed E-state index contributed by atoms with van der Waals surface area (Å²) >= 11 is 6.02. The zero-order valence-electron chi connectivity index (χ0n) is 21.4. The van der Waals surface area contributed by atoms with Crippen LogP contribution in [0.25, 0.3) is 0 Å². The van der Waals surface area contributed by atoms with Crippen LogP contribution in [0.3, 0.4) is 0 Å². The molecule has 0 amide bonds. The third-order valence-electron chi connectivity index (χ3n) is 6.50. The molecule has 1 aliphatic rings. The molecule has 2 aromatic carbocycles. The highest BCUT2D eigenvalue weighted by Crippen LogP contribution is 2.37. The molecule has 10 nitrogen and oxygen atoms in total. The first-order chi connectivity index (χ1) is 19.3. The Morgan fingerprint density at radius 3 is 2.50 bits per heavy atom. The number of benzene rings is 2. The lowest BCUT2D eigenvalue weighted by Crippen LogP contribution is -2.49. The van der Waals surface area contributed by atoms with Crippen LogP contribution in [-0.4, -0.2) is 31.7 Å². The number of hydrogen-bond acceptors (Lipinski definition) is 8. The average Bonchev–Trinajstić information content (AvgIpc) is 2.91. The third-order valence-corrected chi connectivity index (χ3v) is 6.75. The first-order valence-electron chi connectivity index (χ1n) is 12.6. The van der Waals surface area contributed by atoms with E-state index in [1.807, 2.05) is 0 Å². The molecule has 0 aliphatic heterocycles. The summed E-state index contributed by atoms with van der Waals surface area (Å²) in [5, 5.41) is 3.57. The van der Waals surface area contributed by atoms with E-state index in [9.17, 15) is 18.8 Å². The van der Waals surface area contributed by atoms with Crippen LogP contribution in [0.2, 0.25) is 5.02 Å². The minimum atomic E-state index is -0.724. The molecule has 0 unspecified atom stereocenters. The largest absolute Gasteiger partial charge is 0.466 e. The van der Waals surface area contributed by atoms with Crippen molar-refractivity contribution in [2.45, 2.75) is 32.4 Å². The van der Waals surface area contributed by atoms with Gasteiger partial charge in [-0.1, -0.05) is 23.7 Å². The van der Waals surface area contributed by atoms with Crippen LogP contribution in [0.15, 0.2) is 76.4 Å². The lowest BCUT2D eigenvalue weighted by atomic mass is 9.80. The monoisotopic (exact) mass is 565 g/mol. The van der Waals surface area contributed by atoms with Crippen LogP contribution in [-0.2, 0) is 16.1 Å². The summed E-state index contributed by atoms with van der Waals surface area (Å²) in [6.07, 6.45) is 2.06. The minimum absolute atomic E-state index is 0.0342. The topological polar surface area (TPSA) is 117 Å². The van der Waals surface area contributed by atoms with Crippen molar-refractivity contribution in [3.8, 4) is 11.6 Å². The van der Waals surface area contributed by atoms with Crippen LogP contribution in [0.5, 0.6) is 11.6 Å². The standard InChI is InChI=1S/C28H25ClFN5O5/c1-2-39-25(36)18-14-21(15-18)35-27(37)33-26(34(28(35)38)16-17-5-7-19(29)8-6-17)32-20-9-11-22(12-10-20)40-24-23(30)4-3-13-31-24/h3-13,18,21H,2,14-16H2,1H3,(H,32,33,37). The number of anilines is 2. The number of rotatable bonds is 9. The number of ether oxygens (including phenoxy) is 2. The van der Waals surface area contributed by atoms with Gasteiger partial charge >= 0.3 is 17.3 Å². The highest BCUT2D eigenvalue weighted by molar-refractivity contribution is 6.30. The first kappa shape index (κ1) is 27.1. The maximum Gasteiger partial charge on any atom is 0.355 e. The Labute approximate surface area is 233 Å². The molecule has 40 heavy (non-hydrogen) atoms. The summed E-state index contributed by atoms with van der Waals surface area (Å²) in [5.74, 6) is -1.08. The van der Waals surface area contributed by atoms with Crippen molar-refractivity contribution in [2.24, 2.45) is 5.92 Å². The summed E-state index contributed by atoms with van der Waals surface area (Å²) in [4.78, 5) is 46.8. The highest BCUT2D eigenvalue weighted by atomic mass is 35.5. The van der Waals surface area contributed by atoms with Crippen LogP contribution < -0.4 is 21.4 Å². The Hall–Kier alpha value is -4.51. The molecule has 1 N–H and O–H groups in total. The van der Waals surface area contributed by atoms with Crippen molar-refractivity contribution >= 4 is 29.2 Å². The van der Waals surface area contributed by atoms with Crippen LogP contribution in [0, 0.1) is 11.7 Å². The molecular formula is C28H25ClFN5O5. The van der Waals surface area contributed by atoms with Crippen molar-refractivity contribution in [1.82, 2.24) is 19.1 Å². The molecule has 1 fully saturated rings. The van der Waals surface area contributed by atoms with Crippen molar-refractivity contribution in [1.29, 1.82) is 0 Å². The molecule has 206 valence electrons. The Morgan fingerprint density at radius 1 is 1.10 bits per heavy atom. The Morgan fingerprint density at radius 2 is 1.82 bits per heavy atom. The third kappa shape index (κ3) is 5.89. The molecular weight excluding hydrogens is 541 g/mol. The zero-order chi connectivity index (χ0) is 28.2. The summed E-state index contributed by atoms with van der Waals surface area (Å²) in [6.45, 7) is 2.10. The SMILES string of the molecule is CCOC(=O)C1CC(n2c(=O)nc(Nc3ccc(Oc4ncccc4F)cc3)n(Cc3ccc(Cl)cc3)c2=O)C1. The molecule has 0 spiro atoms. The lowest BCUT2D eigenvalue weighted by molar-refractivity contribution is -0.152. The molecule has 2 heterocycles. The predicted molar refractivity (Wildman–Crippen MR) is 146 cm³/mol. The minimum Gasteiger partial charge on any atom is -0.466 e. The summed E-state index contributed by atoms with van der Waals surface area (Å²) in [5.41, 5.74) is -0.0115. The fourth-order valence-electron chi connectivity index (χ4n) is 4.37. The van der Waals surface area contributed by atoms with Gasteiger partial charge in [0.2, 0.25) is 5.95 Å². The van der Waals surface area contributed by atoms with Crippen LogP contribution in [0.1, 0.15) is 31.4 Å². The molecule has 1 saturated carbocycles. The van der Waals surface area contributed by atoms with Gasteiger partial charge in [-0.05, 0) is 73.9 Å². The number of carbonyl (C=O) groups is 1. The van der Waals surface area contributed by atoms with E-state index in [2.05, 4.69) is 15.3 Å². The number of aromatic nitrogens is 4. The molecule has 2 aromatic heterocycles. The van der Waals surface area contributed by atoms with Gasteiger partial charge in [0.1, 0.15) is 5.75 Å². The van der Waals surface area contributed by atoms with Gasteiger partial charge in [0.05, 0.1) is 19.1 Å². The first-order valence-corrected chi connectivity index (χ1v) is 13.0. The Bertz CT molecular complexity index is 1630. The van der Waals surface area contributed by atoms with E-state index in [1.54, 1.807) is 55.5 Å². The smallest absolute Gasteiger partial charge is 0.355 e. The van der Waals surface area contributed by atoms with Gasteiger partial charge in [-0.25, -0.2) is 23.5 Å². The van der Waals surface area contributed by atoms with Crippen molar-refractivity contribution in [2.75, 3.05) is 11.9 Å². The maximum atomic E-state index is 13.9. The second-order valence-corrected chi connectivity index (χ2v) is 9.64. The number of halogens is 2. The summed E-state index contributed by atoms with van der Waals surface area (Å²) in [6, 6.07) is 15.6. The fraction of sp³-hybridized carbons (Fsp3) is 0.250.